The summed E-state index contributed by atoms with van der Waals surface area (Å²) in [4.78, 5) is 11.1. The third kappa shape index (κ3) is 5.46. The molecule has 0 bridgehead atoms. The van der Waals surface area contributed by atoms with Crippen LogP contribution in [0.25, 0.3) is 0 Å². The highest BCUT2D eigenvalue weighted by molar-refractivity contribution is 7.98. The van der Waals surface area contributed by atoms with Crippen molar-refractivity contribution in [2.24, 2.45) is 0 Å². The van der Waals surface area contributed by atoms with Crippen LogP contribution in [0, 0.1) is 19.7 Å². The van der Waals surface area contributed by atoms with Crippen molar-refractivity contribution >= 4 is 11.8 Å². The predicted octanol–water partition coefficient (Wildman–Crippen LogP) is 4.96. The molecule has 0 saturated heterocycles. The Labute approximate surface area is 136 Å². The summed E-state index contributed by atoms with van der Waals surface area (Å²) < 4.78 is 51.6. The molecule has 8 heteroatoms. The fourth-order valence-electron chi connectivity index (χ4n) is 1.63. The van der Waals surface area contributed by atoms with Gasteiger partial charge in [-0.1, -0.05) is 25.6 Å². The van der Waals surface area contributed by atoms with E-state index in [1.54, 1.807) is 6.92 Å². The lowest BCUT2D eigenvalue weighted by Crippen LogP contribution is -2.10. The predicted molar refractivity (Wildman–Crippen MR) is 81.6 cm³/mol. The number of aryl methyl sites for hydroxylation is 2. The molecule has 0 aromatic carbocycles. The van der Waals surface area contributed by atoms with Crippen LogP contribution in [0.1, 0.15) is 36.4 Å². The number of hydrogen-bond donors (Lipinski definition) is 0. The van der Waals surface area contributed by atoms with Gasteiger partial charge >= 0.3 is 6.18 Å². The highest BCUT2D eigenvalue weighted by Gasteiger charge is 2.33. The maximum atomic E-state index is 13.6. The lowest BCUT2D eigenvalue weighted by atomic mass is 10.2. The first kappa shape index (κ1) is 19.3. The zero-order valence-electron chi connectivity index (χ0n) is 13.2. The number of alkyl halides is 3. The van der Waals surface area contributed by atoms with Crippen molar-refractivity contribution < 1.29 is 17.6 Å². The van der Waals surface area contributed by atoms with E-state index >= 15 is 0 Å². The van der Waals surface area contributed by atoms with E-state index in [0.717, 1.165) is 24.0 Å². The molecule has 0 aliphatic carbocycles. The van der Waals surface area contributed by atoms with Gasteiger partial charge in [0.25, 0.3) is 0 Å². The minimum Gasteiger partial charge on any atom is -0.261 e. The Hall–Kier alpha value is -1.70. The monoisotopic (exact) mass is 347 g/mol. The van der Waals surface area contributed by atoms with E-state index in [1.807, 2.05) is 13.8 Å². The van der Waals surface area contributed by atoms with Crippen molar-refractivity contribution in [2.75, 3.05) is 0 Å². The molecule has 0 saturated carbocycles. The fraction of sp³-hybridized carbons (Fsp3) is 0.400. The molecule has 0 amide bonds. The Bertz CT molecular complexity index is 639. The van der Waals surface area contributed by atoms with Crippen LogP contribution in [0.5, 0.6) is 0 Å². The van der Waals surface area contributed by atoms with E-state index in [-0.39, 0.29) is 16.6 Å². The maximum absolute atomic E-state index is 13.6. The second kappa shape index (κ2) is 8.24. The summed E-state index contributed by atoms with van der Waals surface area (Å²) in [5, 5.41) is -0.0297. The topological polar surface area (TPSA) is 38.7 Å². The molecule has 3 nitrogen and oxygen atoms in total. The molecule has 2 aromatic rings. The number of pyridine rings is 1. The minimum atomic E-state index is -4.53. The normalized spacial score (nSPS) is 11.0. The van der Waals surface area contributed by atoms with Crippen molar-refractivity contribution in [3.05, 3.63) is 46.8 Å². The Kier molecular flexibility index (Phi) is 6.93. The highest BCUT2D eigenvalue weighted by atomic mass is 32.2. The number of thioether (sulfide) groups is 1. The number of hydrogen-bond acceptors (Lipinski definition) is 4. The maximum Gasteiger partial charge on any atom is 0.433 e. The zero-order valence-corrected chi connectivity index (χ0v) is 14.0. The first-order valence-electron chi connectivity index (χ1n) is 6.92. The standard InChI is InChI=1S/C13H11F4N3S.C2H6/c1-7-4-18-5-10(14)9(7)6-21-12-19-8(2)3-11(20-12)13(15,16)17;1-2/h3-5H,6H2,1-2H3;1-2H3. The van der Waals surface area contributed by atoms with Crippen molar-refractivity contribution in [3.8, 4) is 0 Å². The molecule has 126 valence electrons. The summed E-state index contributed by atoms with van der Waals surface area (Å²) in [6.45, 7) is 7.14. The summed E-state index contributed by atoms with van der Waals surface area (Å²) in [5.74, 6) is -0.354. The molecule has 0 atom stereocenters. The van der Waals surface area contributed by atoms with E-state index in [0.29, 0.717) is 11.1 Å². The molecule has 23 heavy (non-hydrogen) atoms. The number of halogens is 4. The van der Waals surface area contributed by atoms with Gasteiger partial charge in [-0.15, -0.1) is 0 Å². The molecule has 0 aliphatic heterocycles. The van der Waals surface area contributed by atoms with Gasteiger partial charge in [0.05, 0.1) is 6.20 Å². The number of nitrogens with zero attached hydrogens (tertiary/aromatic N) is 3. The molecule has 2 rings (SSSR count). The Morgan fingerprint density at radius 1 is 1.09 bits per heavy atom. The van der Waals surface area contributed by atoms with E-state index in [2.05, 4.69) is 15.0 Å². The van der Waals surface area contributed by atoms with Gasteiger partial charge in [-0.25, -0.2) is 14.4 Å². The molecule has 2 heterocycles. The summed E-state index contributed by atoms with van der Waals surface area (Å²) >= 11 is 0.956. The van der Waals surface area contributed by atoms with Crippen LogP contribution < -0.4 is 0 Å². The van der Waals surface area contributed by atoms with Crippen molar-refractivity contribution in [3.63, 3.8) is 0 Å². The lowest BCUT2D eigenvalue weighted by molar-refractivity contribution is -0.141. The van der Waals surface area contributed by atoms with E-state index in [1.165, 1.54) is 13.1 Å². The molecule has 0 unspecified atom stereocenters. The van der Waals surface area contributed by atoms with Gasteiger partial charge in [-0.2, -0.15) is 13.2 Å². The third-order valence-electron chi connectivity index (χ3n) is 2.69. The van der Waals surface area contributed by atoms with Crippen LogP contribution in [-0.2, 0) is 11.9 Å². The second-order valence-electron chi connectivity index (χ2n) is 4.38. The van der Waals surface area contributed by atoms with Gasteiger partial charge in [0, 0.05) is 23.2 Å². The van der Waals surface area contributed by atoms with E-state index < -0.39 is 17.7 Å². The van der Waals surface area contributed by atoms with Crippen LogP contribution in [0.15, 0.2) is 23.6 Å². The van der Waals surface area contributed by atoms with Gasteiger partial charge in [0.1, 0.15) is 11.5 Å². The molecule has 0 spiro atoms. The van der Waals surface area contributed by atoms with E-state index in [9.17, 15) is 17.6 Å². The molecular weight excluding hydrogens is 330 g/mol. The summed E-state index contributed by atoms with van der Waals surface area (Å²) in [7, 11) is 0. The van der Waals surface area contributed by atoms with E-state index in [4.69, 9.17) is 0 Å². The van der Waals surface area contributed by atoms with Crippen LogP contribution >= 0.6 is 11.8 Å². The lowest BCUT2D eigenvalue weighted by Gasteiger charge is -2.09. The molecule has 0 aliphatic rings. The molecule has 2 aromatic heterocycles. The van der Waals surface area contributed by atoms with Crippen LogP contribution in [0.2, 0.25) is 0 Å². The van der Waals surface area contributed by atoms with Crippen LogP contribution in [0.3, 0.4) is 0 Å². The minimum absolute atomic E-state index is 0.0297. The quantitative estimate of drug-likeness (QED) is 0.447. The Morgan fingerprint density at radius 2 is 1.74 bits per heavy atom. The smallest absolute Gasteiger partial charge is 0.261 e. The largest absolute Gasteiger partial charge is 0.433 e. The first-order chi connectivity index (χ1) is 10.8. The Morgan fingerprint density at radius 3 is 2.30 bits per heavy atom. The van der Waals surface area contributed by atoms with Gasteiger partial charge in [-0.3, -0.25) is 4.98 Å². The van der Waals surface area contributed by atoms with Gasteiger partial charge in [0.15, 0.2) is 5.16 Å². The zero-order chi connectivity index (χ0) is 17.6. The van der Waals surface area contributed by atoms with Crippen molar-refractivity contribution in [1.82, 2.24) is 15.0 Å². The first-order valence-corrected chi connectivity index (χ1v) is 7.90. The van der Waals surface area contributed by atoms with Crippen molar-refractivity contribution in [2.45, 2.75) is 44.8 Å². The third-order valence-corrected chi connectivity index (χ3v) is 3.56. The van der Waals surface area contributed by atoms with Crippen LogP contribution in [0.4, 0.5) is 17.6 Å². The summed E-state index contributed by atoms with van der Waals surface area (Å²) in [6, 6.07) is 0.877. The SMILES string of the molecule is CC.Cc1cc(C(F)(F)F)nc(SCc2c(C)cncc2F)n1. The van der Waals surface area contributed by atoms with Crippen LogP contribution in [-0.4, -0.2) is 15.0 Å². The van der Waals surface area contributed by atoms with Gasteiger partial charge in [-0.05, 0) is 25.5 Å². The molecule has 0 N–H and O–H groups in total. The number of aromatic nitrogens is 3. The average Bonchev–Trinajstić information content (AvgIpc) is 2.47. The molecular formula is C15H17F4N3S. The van der Waals surface area contributed by atoms with Crippen molar-refractivity contribution in [1.29, 1.82) is 0 Å². The summed E-state index contributed by atoms with van der Waals surface area (Å²) in [6.07, 6.45) is -1.96. The average molecular weight is 347 g/mol. The highest BCUT2D eigenvalue weighted by Crippen LogP contribution is 2.30. The van der Waals surface area contributed by atoms with Gasteiger partial charge < -0.3 is 0 Å². The molecule has 0 fully saturated rings. The van der Waals surface area contributed by atoms with Gasteiger partial charge in [0.2, 0.25) is 0 Å². The Balaban J connectivity index is 0.00000127. The number of rotatable bonds is 3. The summed E-state index contributed by atoms with van der Waals surface area (Å²) in [5.41, 5.74) is 0.232. The second-order valence-corrected chi connectivity index (χ2v) is 5.32. The molecule has 0 radical (unpaired) electrons. The fourth-order valence-corrected chi connectivity index (χ4v) is 2.64.